The van der Waals surface area contributed by atoms with Gasteiger partial charge in [-0.15, -0.1) is 0 Å². The van der Waals surface area contributed by atoms with Crippen LogP contribution in [0, 0.1) is 0 Å². The normalized spacial score (nSPS) is 10.9. The van der Waals surface area contributed by atoms with E-state index in [4.69, 9.17) is 0 Å². The van der Waals surface area contributed by atoms with Gasteiger partial charge in [0.1, 0.15) is 7.11 Å². The van der Waals surface area contributed by atoms with Crippen LogP contribution >= 0.6 is 0 Å². The van der Waals surface area contributed by atoms with E-state index in [-0.39, 0.29) is 5.92 Å². The second-order valence-corrected chi connectivity index (χ2v) is 3.51. The number of aromatic nitrogens is 1. The topological polar surface area (TPSA) is 13.1 Å². The zero-order chi connectivity index (χ0) is 13.6. The Bertz CT molecular complexity index is 348. The molecule has 1 rings (SSSR count). The van der Waals surface area contributed by atoms with Crippen molar-refractivity contribution >= 4 is 0 Å². The molecule has 1 aromatic rings. The van der Waals surface area contributed by atoms with Crippen molar-refractivity contribution in [3.05, 3.63) is 29.6 Å². The molecule has 1 heterocycles. The van der Waals surface area contributed by atoms with E-state index in [0.29, 0.717) is 0 Å². The molecule has 2 nitrogen and oxygen atoms in total. The fourth-order valence-corrected chi connectivity index (χ4v) is 1.21. The number of halogens is 3. The summed E-state index contributed by atoms with van der Waals surface area (Å²) in [5.74, 6) is 0.161. The molecule has 17 heavy (non-hydrogen) atoms. The first-order valence-electron chi connectivity index (χ1n) is 5.53. The standard InChI is InChI=1S/C10H13F3NO.C2H6/c1-7(2)8-4-5-9(10(11,12)13)14(6-8)15-3;1-2/h4-7H,1-3H3;1-2H3/q+1;. The number of pyridine rings is 1. The largest absolute Gasteiger partial charge is 0.482 e. The van der Waals surface area contributed by atoms with Crippen molar-refractivity contribution in [2.45, 2.75) is 39.8 Å². The van der Waals surface area contributed by atoms with Gasteiger partial charge in [-0.1, -0.05) is 27.7 Å². The Morgan fingerprint density at radius 1 is 1.18 bits per heavy atom. The molecule has 5 heteroatoms. The molecule has 0 aliphatic heterocycles. The number of alkyl halides is 3. The third kappa shape index (κ3) is 4.24. The zero-order valence-corrected chi connectivity index (χ0v) is 10.8. The second-order valence-electron chi connectivity index (χ2n) is 3.51. The van der Waals surface area contributed by atoms with Crippen LogP contribution in [0.3, 0.4) is 0 Å². The van der Waals surface area contributed by atoms with Crippen LogP contribution in [0.2, 0.25) is 0 Å². The van der Waals surface area contributed by atoms with Crippen LogP contribution in [-0.4, -0.2) is 7.11 Å². The summed E-state index contributed by atoms with van der Waals surface area (Å²) in [4.78, 5) is 4.66. The Kier molecular flexibility index (Phi) is 5.99. The van der Waals surface area contributed by atoms with Crippen molar-refractivity contribution in [2.24, 2.45) is 0 Å². The van der Waals surface area contributed by atoms with E-state index in [2.05, 4.69) is 4.84 Å². The maximum Gasteiger partial charge on any atom is 0.482 e. The smallest absolute Gasteiger partial charge is 0.274 e. The zero-order valence-electron chi connectivity index (χ0n) is 10.8. The summed E-state index contributed by atoms with van der Waals surface area (Å²) < 4.78 is 38.1. The maximum atomic E-state index is 12.5. The first-order valence-corrected chi connectivity index (χ1v) is 5.53. The average molecular weight is 250 g/mol. The fourth-order valence-electron chi connectivity index (χ4n) is 1.21. The summed E-state index contributed by atoms with van der Waals surface area (Å²) in [6.45, 7) is 7.81. The van der Waals surface area contributed by atoms with E-state index >= 15 is 0 Å². The minimum atomic E-state index is -4.40. The van der Waals surface area contributed by atoms with Gasteiger partial charge in [0.05, 0.1) is 0 Å². The van der Waals surface area contributed by atoms with Crippen LogP contribution in [0.4, 0.5) is 13.2 Å². The molecule has 0 saturated heterocycles. The third-order valence-corrected chi connectivity index (χ3v) is 2.09. The molecule has 0 spiro atoms. The molecular weight excluding hydrogens is 231 g/mol. The lowest BCUT2D eigenvalue weighted by atomic mass is 10.1. The van der Waals surface area contributed by atoms with E-state index in [9.17, 15) is 13.2 Å². The van der Waals surface area contributed by atoms with Gasteiger partial charge < -0.3 is 0 Å². The molecule has 1 aromatic heterocycles. The molecule has 0 bridgehead atoms. The van der Waals surface area contributed by atoms with Crippen LogP contribution in [0.1, 0.15) is 44.9 Å². The predicted molar refractivity (Wildman–Crippen MR) is 59.6 cm³/mol. The van der Waals surface area contributed by atoms with E-state index in [0.717, 1.165) is 16.4 Å². The van der Waals surface area contributed by atoms with Gasteiger partial charge in [-0.25, -0.2) is 0 Å². The molecule has 0 N–H and O–H groups in total. The first-order chi connectivity index (χ1) is 7.86. The first kappa shape index (κ1) is 15.7. The van der Waals surface area contributed by atoms with Crippen molar-refractivity contribution in [3.8, 4) is 0 Å². The van der Waals surface area contributed by atoms with Crippen molar-refractivity contribution < 1.29 is 22.7 Å². The number of nitrogens with zero attached hydrogens (tertiary/aromatic N) is 1. The van der Waals surface area contributed by atoms with Gasteiger partial charge in [-0.05, 0) is 12.0 Å². The lowest BCUT2D eigenvalue weighted by molar-refractivity contribution is -0.896. The monoisotopic (exact) mass is 250 g/mol. The summed E-state index contributed by atoms with van der Waals surface area (Å²) in [5.41, 5.74) is -0.0146. The second kappa shape index (κ2) is 6.47. The molecule has 0 radical (unpaired) electrons. The van der Waals surface area contributed by atoms with Gasteiger partial charge in [0.2, 0.25) is 6.20 Å². The predicted octanol–water partition coefficient (Wildman–Crippen LogP) is 3.20. The van der Waals surface area contributed by atoms with Crippen LogP contribution in [-0.2, 0) is 6.18 Å². The minimum absolute atomic E-state index is 0.161. The van der Waals surface area contributed by atoms with Gasteiger partial charge in [0.25, 0.3) is 0 Å². The molecule has 0 amide bonds. The molecule has 0 saturated carbocycles. The van der Waals surface area contributed by atoms with Gasteiger partial charge in [-0.2, -0.15) is 13.2 Å². The molecule has 0 fully saturated rings. The Morgan fingerprint density at radius 2 is 1.71 bits per heavy atom. The molecule has 0 unspecified atom stereocenters. The SMILES string of the molecule is CC.CO[n+]1cc(C(C)C)ccc1C(F)(F)F. The van der Waals surface area contributed by atoms with Gasteiger partial charge in [0, 0.05) is 16.4 Å². The summed E-state index contributed by atoms with van der Waals surface area (Å²) in [5, 5.41) is 0. The van der Waals surface area contributed by atoms with Crippen molar-refractivity contribution in [1.82, 2.24) is 0 Å². The van der Waals surface area contributed by atoms with Crippen molar-refractivity contribution in [2.75, 3.05) is 7.11 Å². The number of hydrogen-bond donors (Lipinski definition) is 0. The van der Waals surface area contributed by atoms with Crippen molar-refractivity contribution in [3.63, 3.8) is 0 Å². The Morgan fingerprint density at radius 3 is 2.06 bits per heavy atom. The number of hydrogen-bond acceptors (Lipinski definition) is 1. The Hall–Kier alpha value is -1.26. The van der Waals surface area contributed by atoms with E-state index in [1.54, 1.807) is 0 Å². The highest BCUT2D eigenvalue weighted by Gasteiger charge is 2.42. The molecular formula is C12H19F3NO+. The molecule has 0 aliphatic carbocycles. The minimum Gasteiger partial charge on any atom is -0.274 e. The van der Waals surface area contributed by atoms with Gasteiger partial charge in [-0.3, -0.25) is 4.84 Å². The molecule has 0 aromatic carbocycles. The number of rotatable bonds is 2. The Labute approximate surface area is 100.0 Å². The van der Waals surface area contributed by atoms with Crippen LogP contribution in [0.5, 0.6) is 0 Å². The van der Waals surface area contributed by atoms with Crippen molar-refractivity contribution in [1.29, 1.82) is 0 Å². The van der Waals surface area contributed by atoms with Gasteiger partial charge in [0.15, 0.2) is 0 Å². The molecule has 0 atom stereocenters. The summed E-state index contributed by atoms with van der Waals surface area (Å²) in [6, 6.07) is 2.49. The summed E-state index contributed by atoms with van der Waals surface area (Å²) in [6.07, 6.45) is -3.04. The van der Waals surface area contributed by atoms with Crippen LogP contribution < -0.4 is 9.57 Å². The molecule has 0 aliphatic rings. The average Bonchev–Trinajstić information content (AvgIpc) is 2.29. The van der Waals surface area contributed by atoms with E-state index in [1.807, 2.05) is 27.7 Å². The lowest BCUT2D eigenvalue weighted by Gasteiger charge is -2.07. The third-order valence-electron chi connectivity index (χ3n) is 2.09. The summed E-state index contributed by atoms with van der Waals surface area (Å²) in [7, 11) is 1.21. The van der Waals surface area contributed by atoms with Crippen LogP contribution in [0.15, 0.2) is 18.3 Å². The summed E-state index contributed by atoms with van der Waals surface area (Å²) >= 11 is 0. The van der Waals surface area contributed by atoms with Gasteiger partial charge >= 0.3 is 11.9 Å². The van der Waals surface area contributed by atoms with E-state index < -0.39 is 11.9 Å². The highest BCUT2D eigenvalue weighted by atomic mass is 19.4. The highest BCUT2D eigenvalue weighted by Crippen LogP contribution is 2.26. The lowest BCUT2D eigenvalue weighted by Crippen LogP contribution is -2.47. The maximum absolute atomic E-state index is 12.5. The fraction of sp³-hybridized carbons (Fsp3) is 0.583. The molecule has 98 valence electrons. The highest BCUT2D eigenvalue weighted by molar-refractivity contribution is 5.14. The van der Waals surface area contributed by atoms with E-state index in [1.165, 1.54) is 19.4 Å². The van der Waals surface area contributed by atoms with Crippen LogP contribution in [0.25, 0.3) is 0 Å². The quantitative estimate of drug-likeness (QED) is 0.735. The Balaban J connectivity index is 0.00000121.